The van der Waals surface area contributed by atoms with Crippen LogP contribution in [0.5, 0.6) is 0 Å². The standard InChI is InChI=1S/C7H16NO2P/c1-5-7-11(9,8(3)4)10-6-2/h5H,1,6-7H2,2-4H3/t11-/m1/s1. The summed E-state index contributed by atoms with van der Waals surface area (Å²) in [5.41, 5.74) is 0. The number of allylic oxidation sites excluding steroid dienone is 1. The Kier molecular flexibility index (Phi) is 4.66. The summed E-state index contributed by atoms with van der Waals surface area (Å²) in [4.78, 5) is 0. The van der Waals surface area contributed by atoms with Crippen molar-refractivity contribution in [2.75, 3.05) is 26.9 Å². The first-order valence-electron chi connectivity index (χ1n) is 3.59. The van der Waals surface area contributed by atoms with Crippen LogP contribution < -0.4 is 0 Å². The van der Waals surface area contributed by atoms with Crippen molar-refractivity contribution in [2.45, 2.75) is 6.92 Å². The average molecular weight is 177 g/mol. The predicted octanol–water partition coefficient (Wildman–Crippen LogP) is 1.96. The van der Waals surface area contributed by atoms with Crippen molar-refractivity contribution in [1.82, 2.24) is 4.67 Å². The molecule has 0 rings (SSSR count). The molecule has 0 aliphatic heterocycles. The van der Waals surface area contributed by atoms with E-state index in [2.05, 4.69) is 6.58 Å². The summed E-state index contributed by atoms with van der Waals surface area (Å²) in [5, 5.41) is 0. The van der Waals surface area contributed by atoms with E-state index in [0.29, 0.717) is 12.8 Å². The molecule has 0 bridgehead atoms. The Bertz CT molecular complexity index is 168. The van der Waals surface area contributed by atoms with Gasteiger partial charge in [0, 0.05) is 0 Å². The van der Waals surface area contributed by atoms with Crippen LogP contribution in [0.1, 0.15) is 6.92 Å². The maximum absolute atomic E-state index is 11.7. The number of rotatable bonds is 5. The predicted molar refractivity (Wildman–Crippen MR) is 48.0 cm³/mol. The van der Waals surface area contributed by atoms with E-state index in [0.717, 1.165) is 0 Å². The number of hydrogen-bond acceptors (Lipinski definition) is 2. The van der Waals surface area contributed by atoms with Crippen LogP contribution in [-0.2, 0) is 9.09 Å². The van der Waals surface area contributed by atoms with Gasteiger partial charge in [-0.2, -0.15) is 0 Å². The van der Waals surface area contributed by atoms with Crippen LogP contribution >= 0.6 is 7.52 Å². The first kappa shape index (κ1) is 10.9. The van der Waals surface area contributed by atoms with E-state index in [1.54, 1.807) is 24.8 Å². The molecule has 0 aromatic heterocycles. The Hall–Kier alpha value is -0.110. The number of nitrogens with zero attached hydrogens (tertiary/aromatic N) is 1. The van der Waals surface area contributed by atoms with Gasteiger partial charge in [0.05, 0.1) is 12.8 Å². The Morgan fingerprint density at radius 2 is 2.18 bits per heavy atom. The molecular formula is C7H16NO2P. The normalized spacial score (nSPS) is 16.4. The minimum atomic E-state index is -2.58. The van der Waals surface area contributed by atoms with E-state index in [9.17, 15) is 4.57 Å². The van der Waals surface area contributed by atoms with Gasteiger partial charge in [-0.05, 0) is 21.0 Å². The smallest absolute Gasteiger partial charge is 0.275 e. The van der Waals surface area contributed by atoms with Gasteiger partial charge in [0.15, 0.2) is 0 Å². The summed E-state index contributed by atoms with van der Waals surface area (Å²) in [7, 11) is 0.924. The summed E-state index contributed by atoms with van der Waals surface area (Å²) < 4.78 is 18.5. The lowest BCUT2D eigenvalue weighted by atomic mass is 10.8. The minimum absolute atomic E-state index is 0.411. The maximum atomic E-state index is 11.7. The summed E-state index contributed by atoms with van der Waals surface area (Å²) in [6, 6.07) is 0. The van der Waals surface area contributed by atoms with E-state index in [-0.39, 0.29) is 0 Å². The molecule has 0 spiro atoms. The molecule has 0 aliphatic rings. The molecule has 66 valence electrons. The first-order valence-corrected chi connectivity index (χ1v) is 5.35. The third-order valence-corrected chi connectivity index (χ3v) is 3.90. The molecule has 3 nitrogen and oxygen atoms in total. The van der Waals surface area contributed by atoms with Gasteiger partial charge in [-0.25, -0.2) is 4.67 Å². The lowest BCUT2D eigenvalue weighted by Crippen LogP contribution is -2.12. The van der Waals surface area contributed by atoms with E-state index in [1.165, 1.54) is 0 Å². The zero-order chi connectivity index (χ0) is 8.91. The van der Waals surface area contributed by atoms with Crippen molar-refractivity contribution in [1.29, 1.82) is 0 Å². The Labute approximate surface area is 68.5 Å². The first-order chi connectivity index (χ1) is 5.06. The third kappa shape index (κ3) is 3.19. The summed E-state index contributed by atoms with van der Waals surface area (Å²) >= 11 is 0. The highest BCUT2D eigenvalue weighted by atomic mass is 31.2. The topological polar surface area (TPSA) is 29.5 Å². The van der Waals surface area contributed by atoms with Gasteiger partial charge < -0.3 is 4.52 Å². The second kappa shape index (κ2) is 4.70. The van der Waals surface area contributed by atoms with Crippen molar-refractivity contribution in [3.8, 4) is 0 Å². The number of hydrogen-bond donors (Lipinski definition) is 0. The van der Waals surface area contributed by atoms with Gasteiger partial charge >= 0.3 is 0 Å². The molecule has 1 atom stereocenters. The van der Waals surface area contributed by atoms with E-state index >= 15 is 0 Å². The fraction of sp³-hybridized carbons (Fsp3) is 0.714. The molecule has 0 aromatic carbocycles. The zero-order valence-corrected chi connectivity index (χ0v) is 8.30. The second-order valence-corrected chi connectivity index (χ2v) is 5.07. The zero-order valence-electron chi connectivity index (χ0n) is 7.41. The van der Waals surface area contributed by atoms with Gasteiger partial charge in [0.1, 0.15) is 0 Å². The van der Waals surface area contributed by atoms with Crippen LogP contribution in [0.2, 0.25) is 0 Å². The quantitative estimate of drug-likeness (QED) is 0.475. The lowest BCUT2D eigenvalue weighted by Gasteiger charge is -2.22. The molecule has 0 saturated carbocycles. The van der Waals surface area contributed by atoms with Crippen LogP contribution in [0, 0.1) is 0 Å². The largest absolute Gasteiger partial charge is 0.317 e. The van der Waals surface area contributed by atoms with Gasteiger partial charge in [-0.15, -0.1) is 6.58 Å². The lowest BCUT2D eigenvalue weighted by molar-refractivity contribution is 0.299. The second-order valence-electron chi connectivity index (χ2n) is 2.37. The molecule has 0 heterocycles. The molecule has 0 aromatic rings. The van der Waals surface area contributed by atoms with Gasteiger partial charge in [-0.3, -0.25) is 4.57 Å². The van der Waals surface area contributed by atoms with E-state index < -0.39 is 7.52 Å². The van der Waals surface area contributed by atoms with Crippen LogP contribution in [0.3, 0.4) is 0 Å². The fourth-order valence-electron chi connectivity index (χ4n) is 0.696. The molecule has 0 saturated heterocycles. The van der Waals surface area contributed by atoms with Gasteiger partial charge in [0.2, 0.25) is 0 Å². The molecule has 11 heavy (non-hydrogen) atoms. The summed E-state index contributed by atoms with van der Waals surface area (Å²) in [6.07, 6.45) is 2.03. The highest BCUT2D eigenvalue weighted by molar-refractivity contribution is 7.56. The molecule has 0 N–H and O–H groups in total. The van der Waals surface area contributed by atoms with E-state index in [4.69, 9.17) is 4.52 Å². The van der Waals surface area contributed by atoms with Gasteiger partial charge in [0.25, 0.3) is 7.52 Å². The molecule has 0 radical (unpaired) electrons. The van der Waals surface area contributed by atoms with Crippen LogP contribution in [0.25, 0.3) is 0 Å². The van der Waals surface area contributed by atoms with Crippen LogP contribution in [0.4, 0.5) is 0 Å². The average Bonchev–Trinajstić information content (AvgIpc) is 1.88. The van der Waals surface area contributed by atoms with Crippen LogP contribution in [0.15, 0.2) is 12.7 Å². The summed E-state index contributed by atoms with van der Waals surface area (Å²) in [5.74, 6) is 0. The molecule has 0 unspecified atom stereocenters. The Morgan fingerprint density at radius 3 is 2.45 bits per heavy atom. The fourth-order valence-corrected chi connectivity index (χ4v) is 2.09. The van der Waals surface area contributed by atoms with Crippen molar-refractivity contribution >= 4 is 7.52 Å². The summed E-state index contributed by atoms with van der Waals surface area (Å²) in [6.45, 7) is 5.84. The highest BCUT2D eigenvalue weighted by Crippen LogP contribution is 2.48. The molecule has 4 heteroatoms. The maximum Gasteiger partial charge on any atom is 0.275 e. The van der Waals surface area contributed by atoms with Crippen molar-refractivity contribution in [2.24, 2.45) is 0 Å². The molecule has 0 amide bonds. The highest BCUT2D eigenvalue weighted by Gasteiger charge is 2.23. The van der Waals surface area contributed by atoms with E-state index in [1.807, 2.05) is 6.92 Å². The monoisotopic (exact) mass is 177 g/mol. The Balaban J connectivity index is 4.25. The van der Waals surface area contributed by atoms with Crippen molar-refractivity contribution in [3.05, 3.63) is 12.7 Å². The Morgan fingerprint density at radius 1 is 1.64 bits per heavy atom. The molecule has 0 aliphatic carbocycles. The SMILES string of the molecule is C=CC[P@@](=O)(OCC)N(C)C. The third-order valence-electron chi connectivity index (χ3n) is 1.30. The molecular weight excluding hydrogens is 161 g/mol. The van der Waals surface area contributed by atoms with Crippen molar-refractivity contribution < 1.29 is 9.09 Å². The minimum Gasteiger partial charge on any atom is -0.317 e. The van der Waals surface area contributed by atoms with Crippen LogP contribution in [-0.4, -0.2) is 31.5 Å². The van der Waals surface area contributed by atoms with Gasteiger partial charge in [-0.1, -0.05) is 6.08 Å². The molecule has 0 fully saturated rings. The van der Waals surface area contributed by atoms with Crippen molar-refractivity contribution in [3.63, 3.8) is 0 Å².